The third-order valence-electron chi connectivity index (χ3n) is 23.7. The first kappa shape index (κ1) is 95.4. The maximum Gasteiger partial charge on any atom is 0.321 e. The first-order valence-corrected chi connectivity index (χ1v) is 43.5. The van der Waals surface area contributed by atoms with Gasteiger partial charge in [-0.05, 0) is 114 Å². The van der Waals surface area contributed by atoms with E-state index in [1.807, 2.05) is 128 Å². The molecule has 6 heterocycles. The molecule has 6 saturated heterocycles. The molecule has 676 valence electrons. The normalized spacial score (nSPS) is 20.6. The van der Waals surface area contributed by atoms with E-state index < -0.39 is 125 Å². The molecule has 26 nitrogen and oxygen atoms in total. The van der Waals surface area contributed by atoms with Gasteiger partial charge in [-0.2, -0.15) is 0 Å². The van der Waals surface area contributed by atoms with Crippen LogP contribution in [-0.2, 0) is 79.0 Å². The average molecular weight is 1750 g/mol. The summed E-state index contributed by atoms with van der Waals surface area (Å²) in [4.78, 5) is 133. The Hall–Kier alpha value is -11.3. The van der Waals surface area contributed by atoms with Gasteiger partial charge >= 0.3 is 12.1 Å². The van der Waals surface area contributed by atoms with Crippen LogP contribution in [-0.4, -0.2) is 260 Å². The fourth-order valence-corrected chi connectivity index (χ4v) is 17.0. The summed E-state index contributed by atoms with van der Waals surface area (Å²) in [6, 6.07) is 38.3. The predicted octanol–water partition coefficient (Wildman–Crippen LogP) is 7.74. The van der Waals surface area contributed by atoms with E-state index in [1.54, 1.807) is 36.4 Å². The van der Waals surface area contributed by atoms with Gasteiger partial charge in [0.05, 0.1) is 55.4 Å². The highest BCUT2D eigenvalue weighted by Gasteiger charge is 2.47. The van der Waals surface area contributed by atoms with E-state index in [4.69, 9.17) is 0 Å². The predicted molar refractivity (Wildman–Crippen MR) is 460 cm³/mol. The summed E-state index contributed by atoms with van der Waals surface area (Å²) in [5.74, 6) is -7.94. The minimum Gasteiger partial charge on any atom is -0.389 e. The van der Waals surface area contributed by atoms with E-state index in [0.717, 1.165) is 122 Å². The number of aliphatic hydroxyl groups excluding tert-OH is 3. The number of nitrogens with zero attached hydrogens (tertiary/aromatic N) is 8. The summed E-state index contributed by atoms with van der Waals surface area (Å²) in [6.45, 7) is 12.1. The van der Waals surface area contributed by atoms with Crippen molar-refractivity contribution in [3.05, 3.63) is 250 Å². The summed E-state index contributed by atoms with van der Waals surface area (Å²) in [6.07, 6.45) is 1.70. The Morgan fingerprint density at radius 1 is 0.381 bits per heavy atom. The van der Waals surface area contributed by atoms with Gasteiger partial charge in [-0.25, -0.2) is 35.9 Å². The summed E-state index contributed by atoms with van der Waals surface area (Å²) in [5, 5.41) is 52.3. The zero-order valence-corrected chi connectivity index (χ0v) is 71.6. The zero-order valence-electron chi connectivity index (χ0n) is 71.6. The number of likely N-dealkylation sites (tertiary alicyclic amines) is 1. The Labute approximate surface area is 731 Å². The average Bonchev–Trinajstić information content (AvgIpc) is 1.43. The van der Waals surface area contributed by atoms with Gasteiger partial charge in [-0.1, -0.05) is 168 Å². The molecule has 0 spiro atoms. The van der Waals surface area contributed by atoms with Gasteiger partial charge in [0.25, 0.3) is 0 Å². The van der Waals surface area contributed by atoms with Gasteiger partial charge in [-0.3, -0.25) is 33.6 Å². The zero-order chi connectivity index (χ0) is 90.1. The number of benzene rings is 7. The number of hydrogen-bond acceptors (Lipinski definition) is 15. The van der Waals surface area contributed by atoms with Crippen molar-refractivity contribution in [3.63, 3.8) is 0 Å². The summed E-state index contributed by atoms with van der Waals surface area (Å²) < 4.78 is 84.3. The van der Waals surface area contributed by atoms with Crippen molar-refractivity contribution in [2.24, 2.45) is 5.92 Å². The van der Waals surface area contributed by atoms with Crippen LogP contribution in [0.5, 0.6) is 0 Å². The summed E-state index contributed by atoms with van der Waals surface area (Å²) in [5.41, 5.74) is 4.33. The molecule has 13 rings (SSSR count). The molecule has 0 aliphatic carbocycles. The molecule has 0 aromatic heterocycles. The van der Waals surface area contributed by atoms with Crippen molar-refractivity contribution in [2.75, 3.05) is 85.6 Å². The number of nitrogens with one attached hydrogen (secondary N) is 6. The smallest absolute Gasteiger partial charge is 0.321 e. The van der Waals surface area contributed by atoms with Gasteiger partial charge in [0.2, 0.25) is 41.4 Å². The van der Waals surface area contributed by atoms with Gasteiger partial charge in [0.1, 0.15) is 65.1 Å². The number of piperazine rings is 3. The topological polar surface area (TPSA) is 312 Å². The molecular formula is C94H116F6N14O12. The van der Waals surface area contributed by atoms with Gasteiger partial charge in [-0.15, -0.1) is 0 Å². The molecule has 11 amide bonds. The second-order valence-electron chi connectivity index (χ2n) is 33.2. The van der Waals surface area contributed by atoms with Crippen LogP contribution in [0.3, 0.4) is 0 Å². The molecule has 6 fully saturated rings. The first-order chi connectivity index (χ1) is 60.6. The molecule has 32 heteroatoms. The van der Waals surface area contributed by atoms with Crippen LogP contribution in [0, 0.1) is 40.8 Å². The summed E-state index contributed by atoms with van der Waals surface area (Å²) in [7, 11) is 1.55. The van der Waals surface area contributed by atoms with E-state index >= 15 is 0 Å². The molecular weight excluding hydrogens is 1630 g/mol. The highest BCUT2D eigenvalue weighted by molar-refractivity contribution is 5.93. The van der Waals surface area contributed by atoms with Crippen LogP contribution in [0.4, 0.5) is 35.9 Å². The minimum atomic E-state index is -1.45. The number of aliphatic hydroxyl groups is 3. The fraction of sp³-hybridized carbons (Fsp3) is 0.457. The van der Waals surface area contributed by atoms with Crippen LogP contribution in [0.25, 0.3) is 0 Å². The minimum absolute atomic E-state index is 0.0503. The maximum atomic E-state index is 14.2. The molecule has 7 aromatic carbocycles. The maximum absolute atomic E-state index is 14.2. The highest BCUT2D eigenvalue weighted by Crippen LogP contribution is 2.28. The van der Waals surface area contributed by atoms with E-state index in [2.05, 4.69) is 45.7 Å². The molecule has 12 atom stereocenters. The molecule has 126 heavy (non-hydrogen) atoms. The third-order valence-corrected chi connectivity index (χ3v) is 23.7. The number of hydrogen-bond donors (Lipinski definition) is 9. The molecule has 5 unspecified atom stereocenters. The number of likely N-dealkylation sites (N-methyl/N-ethyl adjacent to an activating group) is 1. The van der Waals surface area contributed by atoms with Gasteiger partial charge < -0.3 is 86.4 Å². The molecule has 6 aliphatic rings. The van der Waals surface area contributed by atoms with E-state index in [-0.39, 0.29) is 104 Å². The van der Waals surface area contributed by atoms with Crippen LogP contribution in [0.1, 0.15) is 111 Å². The van der Waals surface area contributed by atoms with Gasteiger partial charge in [0, 0.05) is 123 Å². The number of carbonyl (C=O) groups excluding carboxylic acids is 9. The Bertz CT molecular complexity index is 4750. The second kappa shape index (κ2) is 46.3. The lowest BCUT2D eigenvalue weighted by molar-refractivity contribution is -0.141. The largest absolute Gasteiger partial charge is 0.389 e. The van der Waals surface area contributed by atoms with Crippen molar-refractivity contribution in [1.29, 1.82) is 0 Å². The van der Waals surface area contributed by atoms with Crippen LogP contribution in [0.2, 0.25) is 0 Å². The monoisotopic (exact) mass is 1750 g/mol. The molecule has 0 saturated carbocycles. The Morgan fingerprint density at radius 2 is 0.706 bits per heavy atom. The van der Waals surface area contributed by atoms with Crippen molar-refractivity contribution < 1.29 is 84.8 Å². The van der Waals surface area contributed by atoms with E-state index in [1.165, 1.54) is 9.80 Å². The highest BCUT2D eigenvalue weighted by atomic mass is 19.2. The molecule has 0 bridgehead atoms. The molecule has 6 aliphatic heterocycles. The van der Waals surface area contributed by atoms with Crippen LogP contribution >= 0.6 is 0 Å². The Morgan fingerprint density at radius 3 is 1.06 bits per heavy atom. The van der Waals surface area contributed by atoms with Crippen LogP contribution in [0.15, 0.2) is 176 Å². The lowest BCUT2D eigenvalue weighted by Gasteiger charge is -2.38. The number of rotatable bonds is 36. The number of amides is 11. The standard InChI is InChI=1S/C36H43F2N5O4.C30H39F2N5O4.C28H34F2N4O4/c1-2-3-10-16-42-24-31(43(36(42)47)23-26-13-8-5-9-14-26)34(45)40-30(20-27-18-28(37)21-29(38)19-27)33(44)32-35(46)41(17-15-39-32)22-25-11-6-4-7-12-25;1-3-4-8-12-37-19-25(35(2)30(37)41)28(39)34-24(16-21-14-22(31)17-23(32)15-21)27(38)26-29(40)36(13-11-33-26)18-20-9-6-5-7-10-20;1-2-9-33-17-20(14-24(33)35)27(37)32-23(13-19-11-21(29)15-22(30)12-19)26(36)25-28(38)34(10-8-31-25)16-18-6-4-3-5-7-18/h4-9,11-14,18-19,21,30-33,39,44H,2-3,10,15-17,20,22-24H2,1H3,(H,40,45);5-7,9-10,14-15,17,24-27,33,38H,3-4,8,11-13,16,18-19H2,1-2H3,(H,34,39);3-7,11-12,15,20,23,25-26,31,36H,2,8-10,13-14,16-17H2,1H3,(H,32,37)/t30?,31?,32-,33-;24-,25?,26-,27-;20?,23?,25-,26-/m000/s1. The molecule has 7 aromatic rings. The number of carbonyl (C=O) groups is 9. The Balaban J connectivity index is 0.000000185. The lowest BCUT2D eigenvalue weighted by Crippen LogP contribution is -2.64. The van der Waals surface area contributed by atoms with Crippen molar-refractivity contribution in [3.8, 4) is 0 Å². The third kappa shape index (κ3) is 26.2. The van der Waals surface area contributed by atoms with Crippen molar-refractivity contribution >= 4 is 53.4 Å². The Kier molecular flexibility index (Phi) is 35.0. The quantitative estimate of drug-likeness (QED) is 0.0134. The fourth-order valence-electron chi connectivity index (χ4n) is 17.0. The van der Waals surface area contributed by atoms with Crippen LogP contribution < -0.4 is 31.9 Å². The lowest BCUT2D eigenvalue weighted by atomic mass is 9.93. The molecule has 9 N–H and O–H groups in total. The van der Waals surface area contributed by atoms with E-state index in [9.17, 15) is 84.8 Å². The number of halogens is 6. The van der Waals surface area contributed by atoms with Crippen molar-refractivity contribution in [2.45, 2.75) is 184 Å². The SMILES string of the molecule is CCCCCN1CC(C(=O)NC(Cc2cc(F)cc(F)c2)[C@H](O)[C@@H]2NCCN(Cc3ccccc3)C2=O)N(Cc2ccccc2)C1=O.CCCCCN1CC(C(=O)N[C@@H](Cc2cc(F)cc(F)c2)[C@H](O)[C@@H]2NCCN(Cc3ccccc3)C2=O)N(C)C1=O.CCCN1CC(C(=O)NC(Cc2cc(F)cc(F)c2)[C@H](O)[C@@H]2NCCN(Cc3ccccc3)C2=O)CC1=O. The second-order valence-corrected chi connectivity index (χ2v) is 33.2. The van der Waals surface area contributed by atoms with Crippen molar-refractivity contribution in [1.82, 2.24) is 71.1 Å². The number of unbranched alkanes of at least 4 members (excludes halogenated alkanes) is 4. The van der Waals surface area contributed by atoms with Gasteiger partial charge in [0.15, 0.2) is 0 Å². The molecule has 0 radical (unpaired) electrons. The first-order valence-electron chi connectivity index (χ1n) is 43.5. The number of urea groups is 2. The van der Waals surface area contributed by atoms with E-state index in [0.29, 0.717) is 78.5 Å². The summed E-state index contributed by atoms with van der Waals surface area (Å²) >= 11 is 0.